The van der Waals surface area contributed by atoms with Crippen molar-refractivity contribution in [2.24, 2.45) is 0 Å². The van der Waals surface area contributed by atoms with E-state index in [9.17, 15) is 9.18 Å². The molecule has 0 bridgehead atoms. The first kappa shape index (κ1) is 15.4. The topological polar surface area (TPSA) is 46.5 Å². The normalized spacial score (nSPS) is 10.8. The Kier molecular flexibility index (Phi) is 4.83. The second kappa shape index (κ2) is 6.61. The number of carbonyl (C=O) groups is 1. The minimum Gasteiger partial charge on any atom is -0.478 e. The summed E-state index contributed by atoms with van der Waals surface area (Å²) in [7, 11) is 0. The third-order valence-corrected chi connectivity index (χ3v) is 3.04. The van der Waals surface area contributed by atoms with Gasteiger partial charge in [0.1, 0.15) is 17.3 Å². The summed E-state index contributed by atoms with van der Waals surface area (Å²) in [5.74, 6) is -1.10. The molecule has 0 aliphatic rings. The Balaban J connectivity index is 2.39. The average molecular weight is 327 g/mol. The van der Waals surface area contributed by atoms with Gasteiger partial charge in [0.05, 0.1) is 5.02 Å². The van der Waals surface area contributed by atoms with Crippen LogP contribution >= 0.6 is 23.2 Å². The average Bonchev–Trinajstić information content (AvgIpc) is 2.43. The first-order chi connectivity index (χ1) is 9.95. The van der Waals surface area contributed by atoms with E-state index in [0.29, 0.717) is 15.8 Å². The molecular formula is C15H9Cl2FO3. The molecule has 0 heterocycles. The van der Waals surface area contributed by atoms with Gasteiger partial charge in [-0.1, -0.05) is 23.2 Å². The zero-order valence-electron chi connectivity index (χ0n) is 10.5. The van der Waals surface area contributed by atoms with Crippen LogP contribution in [0.2, 0.25) is 10.0 Å². The third kappa shape index (κ3) is 4.21. The molecule has 0 amide bonds. The molecule has 2 aromatic rings. The van der Waals surface area contributed by atoms with Crippen LogP contribution in [0.5, 0.6) is 11.5 Å². The van der Waals surface area contributed by atoms with Crippen molar-refractivity contribution in [3.63, 3.8) is 0 Å². The van der Waals surface area contributed by atoms with Crippen LogP contribution in [0.1, 0.15) is 5.56 Å². The Morgan fingerprint density at radius 1 is 1.14 bits per heavy atom. The number of halogens is 3. The summed E-state index contributed by atoms with van der Waals surface area (Å²) in [5.41, 5.74) is 0.272. The van der Waals surface area contributed by atoms with Gasteiger partial charge in [-0.05, 0) is 36.4 Å². The molecular weight excluding hydrogens is 318 g/mol. The van der Waals surface area contributed by atoms with E-state index in [0.717, 1.165) is 12.1 Å². The van der Waals surface area contributed by atoms with Gasteiger partial charge in [-0.25, -0.2) is 9.18 Å². The van der Waals surface area contributed by atoms with Gasteiger partial charge in [0.15, 0.2) is 0 Å². The number of rotatable bonds is 4. The lowest BCUT2D eigenvalue weighted by atomic mass is 10.2. The first-order valence-corrected chi connectivity index (χ1v) is 6.55. The van der Waals surface area contributed by atoms with Crippen LogP contribution in [0.25, 0.3) is 6.08 Å². The van der Waals surface area contributed by atoms with Crippen LogP contribution in [0.15, 0.2) is 42.5 Å². The SMILES string of the molecule is O=C(O)/C=C/c1cc(F)ccc1Oc1cc(Cl)ccc1Cl. The predicted molar refractivity (Wildman–Crippen MR) is 79.6 cm³/mol. The van der Waals surface area contributed by atoms with Crippen molar-refractivity contribution < 1.29 is 19.0 Å². The van der Waals surface area contributed by atoms with Gasteiger partial charge in [0.2, 0.25) is 0 Å². The number of hydrogen-bond acceptors (Lipinski definition) is 2. The lowest BCUT2D eigenvalue weighted by molar-refractivity contribution is -0.131. The summed E-state index contributed by atoms with van der Waals surface area (Å²) in [6.45, 7) is 0. The molecule has 21 heavy (non-hydrogen) atoms. The van der Waals surface area contributed by atoms with E-state index in [-0.39, 0.29) is 11.3 Å². The summed E-state index contributed by atoms with van der Waals surface area (Å²) >= 11 is 11.8. The minimum absolute atomic E-state index is 0.262. The van der Waals surface area contributed by atoms with Crippen molar-refractivity contribution in [2.45, 2.75) is 0 Å². The number of ether oxygens (including phenoxy) is 1. The summed E-state index contributed by atoms with van der Waals surface area (Å²) in [6.07, 6.45) is 2.13. The van der Waals surface area contributed by atoms with Gasteiger partial charge in [-0.15, -0.1) is 0 Å². The molecule has 2 aromatic carbocycles. The summed E-state index contributed by atoms with van der Waals surface area (Å²) < 4.78 is 18.9. The predicted octanol–water partition coefficient (Wildman–Crippen LogP) is 5.02. The fourth-order valence-corrected chi connectivity index (χ4v) is 1.90. The van der Waals surface area contributed by atoms with E-state index < -0.39 is 11.8 Å². The molecule has 0 aliphatic carbocycles. The first-order valence-electron chi connectivity index (χ1n) is 5.79. The lowest BCUT2D eigenvalue weighted by Gasteiger charge is -2.10. The van der Waals surface area contributed by atoms with Crippen molar-refractivity contribution in [1.82, 2.24) is 0 Å². The maximum Gasteiger partial charge on any atom is 0.328 e. The van der Waals surface area contributed by atoms with Gasteiger partial charge < -0.3 is 9.84 Å². The van der Waals surface area contributed by atoms with E-state index in [1.54, 1.807) is 12.1 Å². The zero-order chi connectivity index (χ0) is 15.4. The van der Waals surface area contributed by atoms with Gasteiger partial charge in [0.25, 0.3) is 0 Å². The molecule has 0 spiro atoms. The molecule has 3 nitrogen and oxygen atoms in total. The van der Waals surface area contributed by atoms with Crippen molar-refractivity contribution in [2.75, 3.05) is 0 Å². The van der Waals surface area contributed by atoms with E-state index in [1.807, 2.05) is 0 Å². The van der Waals surface area contributed by atoms with E-state index in [2.05, 4.69) is 0 Å². The Morgan fingerprint density at radius 2 is 1.90 bits per heavy atom. The molecule has 2 rings (SSSR count). The minimum atomic E-state index is -1.15. The lowest BCUT2D eigenvalue weighted by Crippen LogP contribution is -1.91. The van der Waals surface area contributed by atoms with Gasteiger partial charge >= 0.3 is 5.97 Å². The van der Waals surface area contributed by atoms with Crippen molar-refractivity contribution in [3.05, 3.63) is 63.9 Å². The van der Waals surface area contributed by atoms with Crippen LogP contribution in [-0.2, 0) is 4.79 Å². The van der Waals surface area contributed by atoms with Crippen molar-refractivity contribution in [1.29, 1.82) is 0 Å². The summed E-state index contributed by atoms with van der Waals surface area (Å²) in [5, 5.41) is 9.41. The van der Waals surface area contributed by atoms with Gasteiger partial charge in [-0.3, -0.25) is 0 Å². The van der Waals surface area contributed by atoms with Gasteiger partial charge in [-0.2, -0.15) is 0 Å². The number of aliphatic carboxylic acids is 1. The Hall–Kier alpha value is -2.04. The number of benzene rings is 2. The van der Waals surface area contributed by atoms with E-state index >= 15 is 0 Å². The fraction of sp³-hybridized carbons (Fsp3) is 0. The molecule has 0 atom stereocenters. The zero-order valence-corrected chi connectivity index (χ0v) is 12.0. The van der Waals surface area contributed by atoms with Gasteiger partial charge in [0, 0.05) is 22.7 Å². The fourth-order valence-electron chi connectivity index (χ4n) is 1.58. The Labute approximate surface area is 130 Å². The largest absolute Gasteiger partial charge is 0.478 e. The number of carboxylic acid groups (broad SMARTS) is 1. The molecule has 0 saturated carbocycles. The number of hydrogen-bond donors (Lipinski definition) is 1. The van der Waals surface area contributed by atoms with E-state index in [1.165, 1.54) is 24.3 Å². The monoisotopic (exact) mass is 326 g/mol. The highest BCUT2D eigenvalue weighted by Gasteiger charge is 2.08. The standard InChI is InChI=1S/C15H9Cl2FO3/c16-10-2-4-12(17)14(8-10)21-13-5-3-11(18)7-9(13)1-6-15(19)20/h1-8H,(H,19,20)/b6-1+. The van der Waals surface area contributed by atoms with Crippen LogP contribution in [0.4, 0.5) is 4.39 Å². The molecule has 1 N–H and O–H groups in total. The van der Waals surface area contributed by atoms with Crippen LogP contribution in [-0.4, -0.2) is 11.1 Å². The molecule has 0 radical (unpaired) electrons. The van der Waals surface area contributed by atoms with Crippen LogP contribution in [0, 0.1) is 5.82 Å². The molecule has 108 valence electrons. The second-order valence-corrected chi connectivity index (χ2v) is 4.87. The molecule has 0 unspecified atom stereocenters. The highest BCUT2D eigenvalue weighted by molar-refractivity contribution is 6.34. The Bertz CT molecular complexity index is 714. The highest BCUT2D eigenvalue weighted by Crippen LogP contribution is 2.34. The van der Waals surface area contributed by atoms with E-state index in [4.69, 9.17) is 33.0 Å². The smallest absolute Gasteiger partial charge is 0.328 e. The maximum absolute atomic E-state index is 13.3. The summed E-state index contributed by atoms with van der Waals surface area (Å²) in [4.78, 5) is 10.6. The van der Waals surface area contributed by atoms with Crippen LogP contribution in [0.3, 0.4) is 0 Å². The molecule has 0 aromatic heterocycles. The van der Waals surface area contributed by atoms with Crippen LogP contribution < -0.4 is 4.74 Å². The molecule has 6 heteroatoms. The number of carboxylic acids is 1. The quantitative estimate of drug-likeness (QED) is 0.802. The Morgan fingerprint density at radius 3 is 2.62 bits per heavy atom. The molecule has 0 fully saturated rings. The third-order valence-electron chi connectivity index (χ3n) is 2.49. The summed E-state index contributed by atoms with van der Waals surface area (Å²) in [6, 6.07) is 8.42. The maximum atomic E-state index is 13.3. The van der Waals surface area contributed by atoms with Crippen molar-refractivity contribution in [3.8, 4) is 11.5 Å². The molecule has 0 saturated heterocycles. The highest BCUT2D eigenvalue weighted by atomic mass is 35.5. The van der Waals surface area contributed by atoms with Crippen molar-refractivity contribution >= 4 is 35.2 Å². The molecule has 0 aliphatic heterocycles. The second-order valence-electron chi connectivity index (χ2n) is 4.03.